The zero-order valence-corrected chi connectivity index (χ0v) is 27.3. The molecule has 0 aromatic rings. The smallest absolute Gasteiger partial charge is 0.418 e. The number of aliphatic hydroxyl groups is 2. The average molecular weight is 696 g/mol. The second-order valence-electron chi connectivity index (χ2n) is 8.32. The van der Waals surface area contributed by atoms with Crippen LogP contribution < -0.4 is 0 Å². The van der Waals surface area contributed by atoms with Crippen molar-refractivity contribution in [3.8, 4) is 0 Å². The van der Waals surface area contributed by atoms with Crippen molar-refractivity contribution < 1.29 is 64.0 Å². The van der Waals surface area contributed by atoms with Crippen molar-refractivity contribution in [2.45, 2.75) is 88.9 Å². The van der Waals surface area contributed by atoms with E-state index in [0.717, 1.165) is 36.9 Å². The summed E-state index contributed by atoms with van der Waals surface area (Å²) in [6, 6.07) is 0. The molecule has 0 amide bonds. The Morgan fingerprint density at radius 3 is 0.973 bits per heavy atom. The zero-order chi connectivity index (χ0) is 27.0. The van der Waals surface area contributed by atoms with Crippen molar-refractivity contribution in [1.82, 2.24) is 0 Å². The van der Waals surface area contributed by atoms with E-state index in [0.29, 0.717) is 0 Å². The number of hydrogen-bond donors (Lipinski definition) is 2. The molecule has 11 heteroatoms. The third-order valence-electron chi connectivity index (χ3n) is 6.43. The minimum absolute atomic E-state index is 0. The molecule has 11 radical (unpaired) electrons. The van der Waals surface area contributed by atoms with Gasteiger partial charge in [0.15, 0.2) is 0 Å². The van der Waals surface area contributed by atoms with Gasteiger partial charge in [-0.2, -0.15) is 0 Å². The van der Waals surface area contributed by atoms with Crippen LogP contribution in [0.1, 0.15) is 66.2 Å². The Morgan fingerprint density at radius 1 is 0.622 bits per heavy atom. The summed E-state index contributed by atoms with van der Waals surface area (Å²) in [5, 5.41) is 14.0. The second kappa shape index (κ2) is 24.3. The van der Waals surface area contributed by atoms with Gasteiger partial charge in [-0.15, -0.1) is 0 Å². The molecule has 2 heterocycles. The van der Waals surface area contributed by atoms with E-state index in [9.17, 15) is 17.3 Å². The predicted octanol–water partition coefficient (Wildman–Crippen LogP) is 8.10. The summed E-state index contributed by atoms with van der Waals surface area (Å²) in [4.78, 5) is 0. The molecule has 0 spiro atoms. The van der Waals surface area contributed by atoms with Crippen molar-refractivity contribution in [1.29, 1.82) is 0 Å². The number of hydrogen-bond acceptors (Lipinski definition) is 2. The van der Waals surface area contributed by atoms with Crippen molar-refractivity contribution in [3.63, 3.8) is 0 Å². The summed E-state index contributed by atoms with van der Waals surface area (Å²) in [5.41, 5.74) is 7.43. The standard InChI is InChI=1S/2C12H18P.2CH4O.BF4.Fe.Rh/c2*1-3-10-9-11(4-2)13(10)12-7-5-6-8-12;2*1-2;2-1(3,4)5;;/h2*5-8,10-11H,3-4,9H2,1-2H3;2*2H,1H3;;;/q;;;;-1;+2;/t2*10-,11-;;;;;/m11...../s1. The van der Waals surface area contributed by atoms with Gasteiger partial charge in [-0.05, 0) is 113 Å². The molecule has 37 heavy (non-hydrogen) atoms. The first-order valence-corrected chi connectivity index (χ1v) is 15.5. The molecule has 4 aliphatic rings. The Kier molecular flexibility index (Phi) is 28.4. The van der Waals surface area contributed by atoms with Crippen LogP contribution >= 0.6 is 15.8 Å². The Bertz CT molecular complexity index is 453. The molecule has 0 aromatic heterocycles. The van der Waals surface area contributed by atoms with E-state index in [1.54, 1.807) is 11.3 Å². The maximum atomic E-state index is 9.75. The molecule has 2 saturated heterocycles. The van der Waals surface area contributed by atoms with Crippen LogP contribution in [0.4, 0.5) is 17.3 Å². The van der Waals surface area contributed by atoms with Gasteiger partial charge >= 0.3 is 24.3 Å². The summed E-state index contributed by atoms with van der Waals surface area (Å²) < 4.78 is 39.0. The molecule has 2 aliphatic carbocycles. The quantitative estimate of drug-likeness (QED) is 0.168. The molecule has 4 atom stereocenters. The van der Waals surface area contributed by atoms with Crippen LogP contribution in [-0.4, -0.2) is 54.3 Å². The summed E-state index contributed by atoms with van der Waals surface area (Å²) in [6.07, 6.45) is 26.6. The van der Waals surface area contributed by atoms with Crippen LogP contribution in [0.3, 0.4) is 0 Å². The van der Waals surface area contributed by atoms with E-state index in [-0.39, 0.29) is 52.4 Å². The SMILES string of the molecule is CC[C@@H]1C[C@@H](CC)P1[C]1[CH][CH][CH][CH]1.CC[C@@H]1C[C@@H](CC)P1[C]1[CH][CH][CH][CH]1.CO.CO.F[B-](F)(F)F.[Fe+2].[Rh]. The third-order valence-corrected chi connectivity index (χ3v) is 13.7. The van der Waals surface area contributed by atoms with Crippen LogP contribution in [0, 0.1) is 62.7 Å². The molecule has 217 valence electrons. The maximum Gasteiger partial charge on any atom is 2.00 e. The number of halogens is 4. The molecule has 4 rings (SSSR count). The summed E-state index contributed by atoms with van der Waals surface area (Å²) >= 11 is 0. The van der Waals surface area contributed by atoms with Gasteiger partial charge in [-0.3, -0.25) is 0 Å². The Balaban J connectivity index is -0.000000459. The first-order chi connectivity index (χ1) is 16.7. The van der Waals surface area contributed by atoms with Gasteiger partial charge in [-0.25, -0.2) is 0 Å². The van der Waals surface area contributed by atoms with Gasteiger partial charge in [0.1, 0.15) is 0 Å². The largest absolute Gasteiger partial charge is 2.00 e. The molecule has 0 bridgehead atoms. The van der Waals surface area contributed by atoms with Crippen LogP contribution in [0.15, 0.2) is 0 Å². The number of rotatable bonds is 6. The fourth-order valence-corrected chi connectivity index (χ4v) is 11.4. The average Bonchev–Trinajstić information content (AvgIpc) is 3.51. The van der Waals surface area contributed by atoms with Crippen molar-refractivity contribution in [2.24, 2.45) is 0 Å². The van der Waals surface area contributed by atoms with Crippen LogP contribution in [-0.2, 0) is 36.5 Å². The molecule has 0 aromatic carbocycles. The Morgan fingerprint density at radius 2 is 0.811 bits per heavy atom. The molecule has 2 nitrogen and oxygen atoms in total. The molecule has 2 aliphatic heterocycles. The van der Waals surface area contributed by atoms with Gasteiger partial charge in [0.05, 0.1) is 0 Å². The van der Waals surface area contributed by atoms with E-state index in [2.05, 4.69) is 79.1 Å². The van der Waals surface area contributed by atoms with Crippen molar-refractivity contribution in [2.75, 3.05) is 14.2 Å². The minimum Gasteiger partial charge on any atom is -0.418 e. The van der Waals surface area contributed by atoms with E-state index in [1.165, 1.54) is 38.5 Å². The normalized spacial score (nSPS) is 27.6. The molecular weight excluding hydrogens is 652 g/mol. The first kappa shape index (κ1) is 43.2. The van der Waals surface area contributed by atoms with Gasteiger partial charge in [-0.1, -0.05) is 43.5 Å². The molecular formula is C26H44BF4FeO2P2Rh+. The topological polar surface area (TPSA) is 40.5 Å². The van der Waals surface area contributed by atoms with E-state index in [4.69, 9.17) is 10.2 Å². The van der Waals surface area contributed by atoms with Crippen LogP contribution in [0.5, 0.6) is 0 Å². The van der Waals surface area contributed by atoms with Gasteiger partial charge in [0, 0.05) is 45.0 Å². The fraction of sp³-hybridized carbons (Fsp3) is 0.615. The van der Waals surface area contributed by atoms with E-state index >= 15 is 0 Å². The zero-order valence-electron chi connectivity index (χ0n) is 22.7. The van der Waals surface area contributed by atoms with Gasteiger partial charge in [0.25, 0.3) is 0 Å². The summed E-state index contributed by atoms with van der Waals surface area (Å²) in [7, 11) is -3.57. The number of aliphatic hydroxyl groups excluding tert-OH is 2. The van der Waals surface area contributed by atoms with Crippen LogP contribution in [0.2, 0.25) is 0 Å². The van der Waals surface area contributed by atoms with E-state index in [1.807, 2.05) is 0 Å². The molecule has 0 unspecified atom stereocenters. The molecule has 4 fully saturated rings. The minimum atomic E-state index is -6.00. The fourth-order valence-electron chi connectivity index (χ4n) is 4.77. The molecule has 2 N–H and O–H groups in total. The van der Waals surface area contributed by atoms with Crippen molar-refractivity contribution >= 4 is 23.1 Å². The Hall–Kier alpha value is 1.71. The van der Waals surface area contributed by atoms with Crippen molar-refractivity contribution in [3.05, 3.63) is 62.7 Å². The maximum absolute atomic E-state index is 9.75. The summed E-state index contributed by atoms with van der Waals surface area (Å²) in [6.45, 7) is 9.37. The second-order valence-corrected chi connectivity index (χ2v) is 13.9. The summed E-state index contributed by atoms with van der Waals surface area (Å²) in [5.74, 6) is 0. The van der Waals surface area contributed by atoms with Gasteiger partial charge < -0.3 is 27.5 Å². The third kappa shape index (κ3) is 15.5. The van der Waals surface area contributed by atoms with E-state index < -0.39 is 7.25 Å². The molecule has 2 saturated carbocycles. The predicted molar refractivity (Wildman–Crippen MR) is 147 cm³/mol. The van der Waals surface area contributed by atoms with Gasteiger partial charge in [0.2, 0.25) is 0 Å². The van der Waals surface area contributed by atoms with Crippen LogP contribution in [0.25, 0.3) is 0 Å². The Labute approximate surface area is 251 Å². The monoisotopic (exact) mass is 696 g/mol. The first-order valence-electron chi connectivity index (χ1n) is 12.5.